The number of nitrogens with one attached hydrogen (secondary N) is 3. The number of carbonyl (C=O) groups excluding carboxylic acids is 1. The number of guanidine groups is 1. The summed E-state index contributed by atoms with van der Waals surface area (Å²) < 4.78 is 0. The summed E-state index contributed by atoms with van der Waals surface area (Å²) in [6.45, 7) is 15.2. The van der Waals surface area contributed by atoms with Crippen molar-refractivity contribution in [2.24, 2.45) is 4.99 Å². The first-order valence-electron chi connectivity index (χ1n) is 10.0. The minimum absolute atomic E-state index is 0. The van der Waals surface area contributed by atoms with Gasteiger partial charge in [0.1, 0.15) is 0 Å². The quantitative estimate of drug-likeness (QED) is 0.170. The van der Waals surface area contributed by atoms with Crippen molar-refractivity contribution < 1.29 is 4.79 Å². The Morgan fingerprint density at radius 2 is 1.79 bits per heavy atom. The van der Waals surface area contributed by atoms with Crippen molar-refractivity contribution in [2.45, 2.75) is 59.5 Å². The first-order chi connectivity index (χ1) is 13.0. The van der Waals surface area contributed by atoms with Gasteiger partial charge in [0.05, 0.1) is 4.88 Å². The van der Waals surface area contributed by atoms with E-state index < -0.39 is 0 Å². The van der Waals surface area contributed by atoms with E-state index in [1.54, 1.807) is 0 Å². The van der Waals surface area contributed by atoms with E-state index in [0.29, 0.717) is 25.2 Å². The maximum Gasteiger partial charge on any atom is 0.261 e. The minimum Gasteiger partial charge on any atom is -0.357 e. The molecule has 1 aromatic heterocycles. The van der Waals surface area contributed by atoms with Crippen LogP contribution in [0.25, 0.3) is 0 Å². The molecule has 1 rings (SSSR count). The third-order valence-electron chi connectivity index (χ3n) is 4.19. The van der Waals surface area contributed by atoms with E-state index in [0.717, 1.165) is 43.3 Å². The fourth-order valence-electron chi connectivity index (χ4n) is 2.89. The number of hydrogen-bond acceptors (Lipinski definition) is 4. The van der Waals surface area contributed by atoms with Crippen LogP contribution in [-0.2, 0) is 0 Å². The molecule has 0 aliphatic heterocycles. The maximum atomic E-state index is 11.9. The molecule has 0 saturated heterocycles. The number of hydrogen-bond donors (Lipinski definition) is 3. The van der Waals surface area contributed by atoms with Crippen LogP contribution in [0.1, 0.15) is 57.1 Å². The summed E-state index contributed by atoms with van der Waals surface area (Å²) in [5.74, 6) is 0.849. The van der Waals surface area contributed by atoms with E-state index in [2.05, 4.69) is 60.5 Å². The summed E-state index contributed by atoms with van der Waals surface area (Å²) in [5, 5.41) is 11.5. The molecular weight excluding hydrogens is 485 g/mol. The number of amides is 1. The van der Waals surface area contributed by atoms with Crippen LogP contribution in [0.5, 0.6) is 0 Å². The lowest BCUT2D eigenvalue weighted by Crippen LogP contribution is -2.41. The first-order valence-corrected chi connectivity index (χ1v) is 10.9. The highest BCUT2D eigenvalue weighted by atomic mass is 127. The number of halogens is 1. The molecule has 0 atom stereocenters. The van der Waals surface area contributed by atoms with Crippen LogP contribution in [0.2, 0.25) is 0 Å². The largest absolute Gasteiger partial charge is 0.357 e. The summed E-state index contributed by atoms with van der Waals surface area (Å²) in [7, 11) is 0. The third kappa shape index (κ3) is 11.2. The van der Waals surface area contributed by atoms with Crippen LogP contribution >= 0.6 is 35.3 Å². The normalized spacial score (nSPS) is 11.6. The first kappa shape index (κ1) is 27.1. The number of carbonyl (C=O) groups is 1. The van der Waals surface area contributed by atoms with Gasteiger partial charge in [0.15, 0.2) is 5.96 Å². The Hall–Kier alpha value is -0.870. The highest BCUT2D eigenvalue weighted by Gasteiger charge is 2.12. The lowest BCUT2D eigenvalue weighted by atomic mass is 10.2. The zero-order valence-corrected chi connectivity index (χ0v) is 21.1. The summed E-state index contributed by atoms with van der Waals surface area (Å²) in [4.78, 5) is 19.7. The molecule has 0 saturated carbocycles. The molecule has 0 aromatic carbocycles. The summed E-state index contributed by atoms with van der Waals surface area (Å²) in [5.41, 5.74) is 0. The molecule has 3 N–H and O–H groups in total. The Balaban J connectivity index is 0.00000729. The predicted octanol–water partition coefficient (Wildman–Crippen LogP) is 3.55. The maximum absolute atomic E-state index is 11.9. The van der Waals surface area contributed by atoms with E-state index in [4.69, 9.17) is 0 Å². The van der Waals surface area contributed by atoms with Gasteiger partial charge >= 0.3 is 0 Å². The second-order valence-corrected chi connectivity index (χ2v) is 8.00. The molecule has 1 heterocycles. The van der Waals surface area contributed by atoms with Gasteiger partial charge in [-0.3, -0.25) is 14.7 Å². The van der Waals surface area contributed by atoms with Gasteiger partial charge in [0, 0.05) is 44.8 Å². The fraction of sp³-hybridized carbons (Fsp3) is 0.700. The van der Waals surface area contributed by atoms with Gasteiger partial charge in [0.25, 0.3) is 5.91 Å². The predicted molar refractivity (Wildman–Crippen MR) is 132 cm³/mol. The van der Waals surface area contributed by atoms with Crippen molar-refractivity contribution >= 4 is 47.2 Å². The standard InChI is InChI=1S/C20H37N5OS.HI/c1-6-21-20(24-13-9-14-25(16(2)3)17(4)5)23-12-8-11-22-19(26)18-10-7-15-27-18;/h7,10,15-17H,6,8-9,11-14H2,1-5H3,(H,22,26)(H2,21,23,24);1H. The number of thiophene rings is 1. The molecule has 0 unspecified atom stereocenters. The average molecular weight is 524 g/mol. The number of aliphatic imine (C=N–C) groups is 1. The topological polar surface area (TPSA) is 68.8 Å². The monoisotopic (exact) mass is 523 g/mol. The average Bonchev–Trinajstić information content (AvgIpc) is 3.15. The van der Waals surface area contributed by atoms with Gasteiger partial charge < -0.3 is 16.0 Å². The van der Waals surface area contributed by atoms with Crippen LogP contribution in [0.15, 0.2) is 22.5 Å². The molecule has 0 aliphatic rings. The van der Waals surface area contributed by atoms with Gasteiger partial charge in [-0.05, 0) is 58.9 Å². The van der Waals surface area contributed by atoms with Gasteiger partial charge in [-0.15, -0.1) is 35.3 Å². The molecule has 1 aromatic rings. The summed E-state index contributed by atoms with van der Waals surface area (Å²) in [6, 6.07) is 4.86. The third-order valence-corrected chi connectivity index (χ3v) is 5.06. The molecule has 0 fully saturated rings. The SMILES string of the molecule is CCNC(=NCCCNC(=O)c1cccs1)NCCCN(C(C)C)C(C)C.I. The van der Waals surface area contributed by atoms with Crippen molar-refractivity contribution in [2.75, 3.05) is 32.7 Å². The van der Waals surface area contributed by atoms with Gasteiger partial charge in [-0.25, -0.2) is 0 Å². The molecular formula is C20H38IN5OS. The van der Waals surface area contributed by atoms with E-state index in [1.807, 2.05) is 17.5 Å². The van der Waals surface area contributed by atoms with E-state index in [1.165, 1.54) is 11.3 Å². The van der Waals surface area contributed by atoms with Crippen LogP contribution < -0.4 is 16.0 Å². The molecule has 0 radical (unpaired) electrons. The van der Waals surface area contributed by atoms with Crippen LogP contribution in [0.3, 0.4) is 0 Å². The summed E-state index contributed by atoms with van der Waals surface area (Å²) in [6.07, 6.45) is 1.90. The molecule has 0 bridgehead atoms. The minimum atomic E-state index is -0.00105. The smallest absolute Gasteiger partial charge is 0.261 e. The fourth-order valence-corrected chi connectivity index (χ4v) is 3.53. The number of rotatable bonds is 12. The van der Waals surface area contributed by atoms with Gasteiger partial charge in [0.2, 0.25) is 0 Å². The van der Waals surface area contributed by atoms with Crippen molar-refractivity contribution in [3.05, 3.63) is 22.4 Å². The van der Waals surface area contributed by atoms with Crippen LogP contribution in [-0.4, -0.2) is 61.6 Å². The molecule has 6 nitrogen and oxygen atoms in total. The molecule has 0 spiro atoms. The van der Waals surface area contributed by atoms with Crippen LogP contribution in [0, 0.1) is 0 Å². The van der Waals surface area contributed by atoms with Gasteiger partial charge in [-0.2, -0.15) is 0 Å². The van der Waals surface area contributed by atoms with E-state index >= 15 is 0 Å². The Labute approximate surface area is 192 Å². The highest BCUT2D eigenvalue weighted by molar-refractivity contribution is 14.0. The Morgan fingerprint density at radius 3 is 2.36 bits per heavy atom. The van der Waals surface area contributed by atoms with Crippen molar-refractivity contribution in [1.29, 1.82) is 0 Å². The molecule has 8 heteroatoms. The Bertz CT molecular complexity index is 541. The van der Waals surface area contributed by atoms with E-state index in [-0.39, 0.29) is 29.9 Å². The lowest BCUT2D eigenvalue weighted by Gasteiger charge is -2.30. The molecule has 162 valence electrons. The zero-order chi connectivity index (χ0) is 20.1. The second-order valence-electron chi connectivity index (χ2n) is 7.05. The molecule has 1 amide bonds. The van der Waals surface area contributed by atoms with Crippen LogP contribution in [0.4, 0.5) is 0 Å². The number of nitrogens with zero attached hydrogens (tertiary/aromatic N) is 2. The zero-order valence-electron chi connectivity index (χ0n) is 18.0. The highest BCUT2D eigenvalue weighted by Crippen LogP contribution is 2.07. The van der Waals surface area contributed by atoms with Crippen molar-refractivity contribution in [3.63, 3.8) is 0 Å². The van der Waals surface area contributed by atoms with Gasteiger partial charge in [-0.1, -0.05) is 6.07 Å². The van der Waals surface area contributed by atoms with Crippen molar-refractivity contribution in [1.82, 2.24) is 20.9 Å². The molecule has 0 aliphatic carbocycles. The summed E-state index contributed by atoms with van der Waals surface area (Å²) >= 11 is 1.46. The van der Waals surface area contributed by atoms with Crippen molar-refractivity contribution in [3.8, 4) is 0 Å². The lowest BCUT2D eigenvalue weighted by molar-refractivity contribution is 0.0957. The Morgan fingerprint density at radius 1 is 1.11 bits per heavy atom. The second kappa shape index (κ2) is 16.0. The molecule has 28 heavy (non-hydrogen) atoms. The van der Waals surface area contributed by atoms with E-state index in [9.17, 15) is 4.79 Å². The Kier molecular flexibility index (Phi) is 15.5.